The molecule has 17 heavy (non-hydrogen) atoms. The number of primary amides is 1. The molecule has 94 valence electrons. The maximum atomic E-state index is 11.7. The van der Waals surface area contributed by atoms with Gasteiger partial charge in [0, 0.05) is 6.54 Å². The second-order valence-corrected chi connectivity index (χ2v) is 3.19. The molecule has 0 unspecified atom stereocenters. The largest absolute Gasteiger partial charge is 0.448 e. The summed E-state index contributed by atoms with van der Waals surface area (Å²) in [6.07, 6.45) is 0.538. The Kier molecular flexibility index (Phi) is 4.32. The van der Waals surface area contributed by atoms with Gasteiger partial charge in [-0.05, 0) is 6.92 Å². The van der Waals surface area contributed by atoms with Crippen molar-refractivity contribution in [2.24, 2.45) is 5.73 Å². The van der Waals surface area contributed by atoms with Gasteiger partial charge in [-0.1, -0.05) is 0 Å². The number of nitrogens with two attached hydrogens (primary N) is 2. The van der Waals surface area contributed by atoms with E-state index in [0.29, 0.717) is 17.9 Å². The smallest absolute Gasteiger partial charge is 0.404 e. The summed E-state index contributed by atoms with van der Waals surface area (Å²) in [7, 11) is 0. The Labute approximate surface area is 97.9 Å². The minimum Gasteiger partial charge on any atom is -0.448 e. The summed E-state index contributed by atoms with van der Waals surface area (Å²) in [6.45, 7) is 2.56. The second-order valence-electron chi connectivity index (χ2n) is 3.19. The van der Waals surface area contributed by atoms with Crippen LogP contribution in [-0.4, -0.2) is 34.9 Å². The average molecular weight is 241 g/mol. The number of nitrogen functional groups attached to an aromatic ring is 1. The molecule has 2 amide bonds. The van der Waals surface area contributed by atoms with Crippen LogP contribution in [0.15, 0.2) is 6.20 Å². The Bertz CT molecular complexity index is 415. The fraction of sp³-hybridized carbons (Fsp3) is 0.444. The molecule has 8 heteroatoms. The summed E-state index contributed by atoms with van der Waals surface area (Å²) < 4.78 is 5.95. The zero-order valence-electron chi connectivity index (χ0n) is 9.47. The van der Waals surface area contributed by atoms with E-state index < -0.39 is 6.09 Å². The predicted octanol–water partition coefficient (Wildman–Crippen LogP) is -0.690. The molecule has 0 bridgehead atoms. The summed E-state index contributed by atoms with van der Waals surface area (Å²) in [5.41, 5.74) is 11.0. The van der Waals surface area contributed by atoms with Crippen molar-refractivity contribution in [1.29, 1.82) is 0 Å². The van der Waals surface area contributed by atoms with Crippen LogP contribution < -0.4 is 16.8 Å². The van der Waals surface area contributed by atoms with E-state index in [-0.39, 0.29) is 19.1 Å². The number of aromatic nitrogens is 2. The van der Waals surface area contributed by atoms with Gasteiger partial charge in [-0.15, -0.1) is 0 Å². The number of anilines is 1. The number of rotatable bonds is 5. The van der Waals surface area contributed by atoms with Crippen molar-refractivity contribution in [3.63, 3.8) is 0 Å². The first-order chi connectivity index (χ1) is 8.06. The molecule has 0 spiro atoms. The van der Waals surface area contributed by atoms with Crippen LogP contribution in [0.4, 0.5) is 10.5 Å². The summed E-state index contributed by atoms with van der Waals surface area (Å²) in [4.78, 5) is 22.0. The van der Waals surface area contributed by atoms with Gasteiger partial charge in [0.2, 0.25) is 0 Å². The van der Waals surface area contributed by atoms with E-state index in [4.69, 9.17) is 11.5 Å². The molecule has 8 nitrogen and oxygen atoms in total. The molecule has 0 aliphatic heterocycles. The molecule has 0 aliphatic carbocycles. The Balaban J connectivity index is 2.52. The predicted molar refractivity (Wildman–Crippen MR) is 60.2 cm³/mol. The lowest BCUT2D eigenvalue weighted by atomic mass is 10.3. The summed E-state index contributed by atoms with van der Waals surface area (Å²) in [5, 5.41) is 6.48. The van der Waals surface area contributed by atoms with Gasteiger partial charge in [0.25, 0.3) is 5.91 Å². The first-order valence-corrected chi connectivity index (χ1v) is 5.08. The highest BCUT2D eigenvalue weighted by atomic mass is 16.5. The molecule has 0 aromatic carbocycles. The van der Waals surface area contributed by atoms with Crippen LogP contribution in [-0.2, 0) is 11.3 Å². The molecule has 1 rings (SSSR count). The number of hydrogen-bond acceptors (Lipinski definition) is 5. The van der Waals surface area contributed by atoms with Crippen molar-refractivity contribution < 1.29 is 14.3 Å². The molecule has 0 fully saturated rings. The molecule has 0 aliphatic rings. The lowest BCUT2D eigenvalue weighted by molar-refractivity contribution is 0.0927. The van der Waals surface area contributed by atoms with Crippen molar-refractivity contribution in [3.8, 4) is 0 Å². The molecule has 0 saturated carbocycles. The van der Waals surface area contributed by atoms with Crippen LogP contribution in [0.2, 0.25) is 0 Å². The standard InChI is InChI=1S/C9H15N5O3/c1-2-14-7(6(10)5-13-14)8(15)12-3-4-17-9(11)16/h5H,2-4,10H2,1H3,(H2,11,16)(H,12,15). The Hall–Kier alpha value is -2.25. The van der Waals surface area contributed by atoms with Gasteiger partial charge < -0.3 is 21.5 Å². The number of nitrogens with zero attached hydrogens (tertiary/aromatic N) is 2. The molecule has 1 aromatic rings. The number of nitrogens with one attached hydrogen (secondary N) is 1. The molecule has 0 saturated heterocycles. The number of aryl methyl sites for hydroxylation is 1. The van der Waals surface area contributed by atoms with Gasteiger partial charge >= 0.3 is 6.09 Å². The number of carbonyl (C=O) groups excluding carboxylic acids is 2. The normalized spacial score (nSPS) is 9.94. The van der Waals surface area contributed by atoms with Gasteiger partial charge in [-0.2, -0.15) is 5.10 Å². The molecule has 0 atom stereocenters. The van der Waals surface area contributed by atoms with E-state index in [1.165, 1.54) is 10.9 Å². The maximum absolute atomic E-state index is 11.7. The molecule has 5 N–H and O–H groups in total. The quantitative estimate of drug-likeness (QED) is 0.588. The van der Waals surface area contributed by atoms with Gasteiger partial charge in [-0.25, -0.2) is 4.79 Å². The third-order valence-corrected chi connectivity index (χ3v) is 2.01. The van der Waals surface area contributed by atoms with Gasteiger partial charge in [0.15, 0.2) is 0 Å². The number of hydrogen-bond donors (Lipinski definition) is 3. The summed E-state index contributed by atoms with van der Waals surface area (Å²) >= 11 is 0. The van der Waals surface area contributed by atoms with E-state index in [1.54, 1.807) is 0 Å². The highest BCUT2D eigenvalue weighted by Gasteiger charge is 2.15. The SMILES string of the molecule is CCn1ncc(N)c1C(=O)NCCOC(N)=O. The monoisotopic (exact) mass is 241 g/mol. The number of amides is 2. The van der Waals surface area contributed by atoms with Crippen molar-refractivity contribution in [3.05, 3.63) is 11.9 Å². The van der Waals surface area contributed by atoms with Crippen LogP contribution in [0.3, 0.4) is 0 Å². The Morgan fingerprint density at radius 2 is 2.29 bits per heavy atom. The fourth-order valence-electron chi connectivity index (χ4n) is 1.29. The van der Waals surface area contributed by atoms with Crippen molar-refractivity contribution in [1.82, 2.24) is 15.1 Å². The van der Waals surface area contributed by atoms with E-state index in [2.05, 4.69) is 15.2 Å². The molecular weight excluding hydrogens is 226 g/mol. The third kappa shape index (κ3) is 3.37. The van der Waals surface area contributed by atoms with Gasteiger partial charge in [0.05, 0.1) is 18.4 Å². The Morgan fingerprint density at radius 1 is 1.59 bits per heavy atom. The topological polar surface area (TPSA) is 125 Å². The highest BCUT2D eigenvalue weighted by molar-refractivity contribution is 5.97. The average Bonchev–Trinajstić information content (AvgIpc) is 2.65. The van der Waals surface area contributed by atoms with E-state index >= 15 is 0 Å². The summed E-state index contributed by atoms with van der Waals surface area (Å²) in [5.74, 6) is -0.366. The first kappa shape index (κ1) is 12.8. The van der Waals surface area contributed by atoms with Crippen LogP contribution in [0.25, 0.3) is 0 Å². The van der Waals surface area contributed by atoms with Crippen molar-refractivity contribution in [2.45, 2.75) is 13.5 Å². The first-order valence-electron chi connectivity index (χ1n) is 5.08. The fourth-order valence-corrected chi connectivity index (χ4v) is 1.29. The maximum Gasteiger partial charge on any atom is 0.404 e. The third-order valence-electron chi connectivity index (χ3n) is 2.01. The van der Waals surface area contributed by atoms with Crippen LogP contribution in [0.5, 0.6) is 0 Å². The number of carbonyl (C=O) groups is 2. The zero-order chi connectivity index (χ0) is 12.8. The molecular formula is C9H15N5O3. The van der Waals surface area contributed by atoms with E-state index in [9.17, 15) is 9.59 Å². The minimum atomic E-state index is -0.877. The molecule has 1 aromatic heterocycles. The summed E-state index contributed by atoms with van der Waals surface area (Å²) in [6, 6.07) is 0. The van der Waals surface area contributed by atoms with E-state index in [1.807, 2.05) is 6.92 Å². The van der Waals surface area contributed by atoms with Crippen molar-refractivity contribution >= 4 is 17.7 Å². The zero-order valence-corrected chi connectivity index (χ0v) is 9.47. The van der Waals surface area contributed by atoms with E-state index in [0.717, 1.165) is 0 Å². The molecule has 0 radical (unpaired) electrons. The van der Waals surface area contributed by atoms with Gasteiger partial charge in [0.1, 0.15) is 12.3 Å². The second kappa shape index (κ2) is 5.73. The molecule has 1 heterocycles. The van der Waals surface area contributed by atoms with Crippen LogP contribution in [0.1, 0.15) is 17.4 Å². The minimum absolute atomic E-state index is 0.0151. The Morgan fingerprint density at radius 3 is 2.88 bits per heavy atom. The van der Waals surface area contributed by atoms with Gasteiger partial charge in [-0.3, -0.25) is 9.48 Å². The lowest BCUT2D eigenvalue weighted by Crippen LogP contribution is -2.31. The van der Waals surface area contributed by atoms with Crippen molar-refractivity contribution in [2.75, 3.05) is 18.9 Å². The van der Waals surface area contributed by atoms with Crippen LogP contribution >= 0.6 is 0 Å². The highest BCUT2D eigenvalue weighted by Crippen LogP contribution is 2.09. The lowest BCUT2D eigenvalue weighted by Gasteiger charge is -2.07. The van der Waals surface area contributed by atoms with Crippen LogP contribution in [0, 0.1) is 0 Å². The number of ether oxygens (including phenoxy) is 1.